The molecule has 0 unspecified atom stereocenters. The molecule has 0 aliphatic heterocycles. The molecule has 88 valence electrons. The minimum atomic E-state index is -4.27. The molecule has 0 atom stereocenters. The van der Waals surface area contributed by atoms with Gasteiger partial charge in [0.2, 0.25) is 0 Å². The number of benzene rings is 1. The van der Waals surface area contributed by atoms with Crippen molar-refractivity contribution < 1.29 is 18.3 Å². The zero-order chi connectivity index (χ0) is 12.0. The maximum Gasteiger partial charge on any atom is 0.416 e. The molecule has 0 spiro atoms. The van der Waals surface area contributed by atoms with Crippen molar-refractivity contribution in [1.29, 1.82) is 0 Å². The number of aliphatic hydroxyl groups excluding tert-OH is 1. The molecular formula is C12H13F3O. The summed E-state index contributed by atoms with van der Waals surface area (Å²) in [6.45, 7) is 0.0868. The fraction of sp³-hybridized carbons (Fsp3) is 0.333. The third-order valence-corrected chi connectivity index (χ3v) is 2.10. The zero-order valence-electron chi connectivity index (χ0n) is 8.67. The van der Waals surface area contributed by atoms with E-state index in [0.29, 0.717) is 12.8 Å². The molecule has 0 saturated heterocycles. The molecule has 0 aliphatic carbocycles. The number of aliphatic hydroxyl groups is 1. The summed E-state index contributed by atoms with van der Waals surface area (Å²) in [4.78, 5) is 0. The van der Waals surface area contributed by atoms with Crippen molar-refractivity contribution in [2.45, 2.75) is 19.0 Å². The molecule has 4 heteroatoms. The number of hydrogen-bond acceptors (Lipinski definition) is 1. The van der Waals surface area contributed by atoms with Gasteiger partial charge in [-0.1, -0.05) is 24.3 Å². The highest BCUT2D eigenvalue weighted by molar-refractivity contribution is 5.25. The summed E-state index contributed by atoms with van der Waals surface area (Å²) in [6.07, 6.45) is 0.514. The topological polar surface area (TPSA) is 20.2 Å². The molecule has 0 heterocycles. The number of alkyl halides is 3. The summed E-state index contributed by atoms with van der Waals surface area (Å²) in [7, 11) is 0. The summed E-state index contributed by atoms with van der Waals surface area (Å²) in [6, 6.07) is 5.09. The third kappa shape index (κ3) is 4.06. The lowest BCUT2D eigenvalue weighted by Gasteiger charge is -2.06. The van der Waals surface area contributed by atoms with Crippen molar-refractivity contribution in [3.8, 4) is 0 Å². The smallest absolute Gasteiger partial charge is 0.396 e. The van der Waals surface area contributed by atoms with Crippen molar-refractivity contribution in [2.24, 2.45) is 0 Å². The first-order valence-electron chi connectivity index (χ1n) is 4.96. The summed E-state index contributed by atoms with van der Waals surface area (Å²) in [5, 5.41) is 8.51. The molecule has 1 nitrogen and oxygen atoms in total. The maximum atomic E-state index is 12.2. The lowest BCUT2D eigenvalue weighted by molar-refractivity contribution is -0.137. The molecule has 0 aliphatic rings. The van der Waals surface area contributed by atoms with E-state index in [2.05, 4.69) is 0 Å². The van der Waals surface area contributed by atoms with Gasteiger partial charge in [0.25, 0.3) is 0 Å². The van der Waals surface area contributed by atoms with Gasteiger partial charge in [0.05, 0.1) is 5.56 Å². The lowest BCUT2D eigenvalue weighted by atomic mass is 10.1. The van der Waals surface area contributed by atoms with Crippen LogP contribution in [0.2, 0.25) is 0 Å². The molecular weight excluding hydrogens is 217 g/mol. The van der Waals surface area contributed by atoms with Gasteiger partial charge in [0, 0.05) is 6.61 Å². The van der Waals surface area contributed by atoms with E-state index < -0.39 is 11.7 Å². The number of hydrogen-bond donors (Lipinski definition) is 1. The van der Waals surface area contributed by atoms with Gasteiger partial charge in [-0.05, 0) is 30.5 Å². The molecule has 1 rings (SSSR count). The molecule has 16 heavy (non-hydrogen) atoms. The average Bonchev–Trinajstić information content (AvgIpc) is 2.24. The van der Waals surface area contributed by atoms with E-state index in [-0.39, 0.29) is 6.61 Å². The molecule has 0 radical (unpaired) electrons. The first-order valence-corrected chi connectivity index (χ1v) is 4.96. The molecule has 1 N–H and O–H groups in total. The minimum absolute atomic E-state index is 0.0868. The highest BCUT2D eigenvalue weighted by Gasteiger charge is 2.29. The first-order chi connectivity index (χ1) is 7.54. The Morgan fingerprint density at radius 2 is 1.69 bits per heavy atom. The van der Waals surface area contributed by atoms with Crippen LogP contribution in [0.4, 0.5) is 13.2 Å². The van der Waals surface area contributed by atoms with Crippen LogP contribution >= 0.6 is 0 Å². The van der Waals surface area contributed by atoms with Crippen LogP contribution in [0.25, 0.3) is 0 Å². The second kappa shape index (κ2) is 5.70. The van der Waals surface area contributed by atoms with Gasteiger partial charge in [-0.2, -0.15) is 13.2 Å². The van der Waals surface area contributed by atoms with Crippen molar-refractivity contribution in [2.75, 3.05) is 6.61 Å². The Bertz CT molecular complexity index is 338. The average molecular weight is 230 g/mol. The quantitative estimate of drug-likeness (QED) is 0.787. The summed E-state index contributed by atoms with van der Waals surface area (Å²) in [5.74, 6) is 0. The van der Waals surface area contributed by atoms with E-state index in [4.69, 9.17) is 5.11 Å². The standard InChI is InChI=1S/C12H13F3O/c13-12(14,15)11-7-5-10(6-8-11)4-2-1-3-9-16/h1-2,5-8,16H,3-4,9H2/b2-1-. The van der Waals surface area contributed by atoms with Crippen LogP contribution in [0.1, 0.15) is 17.5 Å². The molecule has 0 aromatic heterocycles. The second-order valence-electron chi connectivity index (χ2n) is 3.38. The van der Waals surface area contributed by atoms with Crippen molar-refractivity contribution in [3.05, 3.63) is 47.5 Å². The van der Waals surface area contributed by atoms with E-state index in [0.717, 1.165) is 17.7 Å². The van der Waals surface area contributed by atoms with Crippen LogP contribution < -0.4 is 0 Å². The van der Waals surface area contributed by atoms with Crippen molar-refractivity contribution >= 4 is 0 Å². The third-order valence-electron chi connectivity index (χ3n) is 2.10. The van der Waals surface area contributed by atoms with Crippen LogP contribution in [-0.2, 0) is 12.6 Å². The summed E-state index contributed by atoms with van der Waals surface area (Å²) in [5.41, 5.74) is 0.192. The van der Waals surface area contributed by atoms with Gasteiger partial charge in [-0.15, -0.1) is 0 Å². The fourth-order valence-electron chi connectivity index (χ4n) is 1.24. The molecule has 0 saturated carbocycles. The molecule has 1 aromatic carbocycles. The summed E-state index contributed by atoms with van der Waals surface area (Å²) < 4.78 is 36.7. The molecule has 0 amide bonds. The van der Waals surface area contributed by atoms with Gasteiger partial charge in [0.15, 0.2) is 0 Å². The normalized spacial score (nSPS) is 12.2. The van der Waals surface area contributed by atoms with E-state index in [1.807, 2.05) is 6.08 Å². The Labute approximate surface area is 92.2 Å². The monoisotopic (exact) mass is 230 g/mol. The van der Waals surface area contributed by atoms with Gasteiger partial charge < -0.3 is 5.11 Å². The van der Waals surface area contributed by atoms with Gasteiger partial charge in [-0.25, -0.2) is 0 Å². The van der Waals surface area contributed by atoms with Crippen LogP contribution in [0, 0.1) is 0 Å². The zero-order valence-corrected chi connectivity index (χ0v) is 8.67. The number of allylic oxidation sites excluding steroid dienone is 1. The number of rotatable bonds is 4. The number of halogens is 3. The van der Waals surface area contributed by atoms with E-state index in [1.54, 1.807) is 6.08 Å². The van der Waals surface area contributed by atoms with Crippen molar-refractivity contribution in [1.82, 2.24) is 0 Å². The van der Waals surface area contributed by atoms with E-state index >= 15 is 0 Å². The predicted octanol–water partition coefficient (Wildman–Crippen LogP) is 3.19. The van der Waals surface area contributed by atoms with Crippen molar-refractivity contribution in [3.63, 3.8) is 0 Å². The van der Waals surface area contributed by atoms with Crippen LogP contribution in [0.5, 0.6) is 0 Å². The molecule has 1 aromatic rings. The highest BCUT2D eigenvalue weighted by Crippen LogP contribution is 2.29. The second-order valence-corrected chi connectivity index (χ2v) is 3.38. The Morgan fingerprint density at radius 3 is 2.19 bits per heavy atom. The SMILES string of the molecule is OCC/C=C\Cc1ccc(C(F)(F)F)cc1. The lowest BCUT2D eigenvalue weighted by Crippen LogP contribution is -2.04. The summed E-state index contributed by atoms with van der Waals surface area (Å²) >= 11 is 0. The predicted molar refractivity (Wildman–Crippen MR) is 56.0 cm³/mol. The van der Waals surface area contributed by atoms with Crippen LogP contribution in [0.15, 0.2) is 36.4 Å². The Hall–Kier alpha value is -1.29. The Balaban J connectivity index is 2.58. The fourth-order valence-corrected chi connectivity index (χ4v) is 1.24. The van der Waals surface area contributed by atoms with E-state index in [1.165, 1.54) is 12.1 Å². The molecule has 0 bridgehead atoms. The molecule has 0 fully saturated rings. The first kappa shape index (κ1) is 12.8. The van der Waals surface area contributed by atoms with Crippen LogP contribution in [0.3, 0.4) is 0 Å². The van der Waals surface area contributed by atoms with E-state index in [9.17, 15) is 13.2 Å². The highest BCUT2D eigenvalue weighted by atomic mass is 19.4. The van der Waals surface area contributed by atoms with Crippen LogP contribution in [-0.4, -0.2) is 11.7 Å². The Morgan fingerprint density at radius 1 is 1.06 bits per heavy atom. The Kier molecular flexibility index (Phi) is 4.55. The van der Waals surface area contributed by atoms with Gasteiger partial charge in [0.1, 0.15) is 0 Å². The largest absolute Gasteiger partial charge is 0.416 e. The maximum absolute atomic E-state index is 12.2. The van der Waals surface area contributed by atoms with Gasteiger partial charge >= 0.3 is 6.18 Å². The minimum Gasteiger partial charge on any atom is -0.396 e. The van der Waals surface area contributed by atoms with Gasteiger partial charge in [-0.3, -0.25) is 0 Å².